The van der Waals surface area contributed by atoms with E-state index in [0.717, 1.165) is 0 Å². The predicted molar refractivity (Wildman–Crippen MR) is 65.6 cm³/mol. The number of hydrogen-bond acceptors (Lipinski definition) is 1. The maximum Gasteiger partial charge on any atom is 0.0829 e. The second-order valence-electron chi connectivity index (χ2n) is 4.65. The first-order valence-electron chi connectivity index (χ1n) is 5.75. The molecule has 1 aromatic carbocycles. The predicted octanol–water partition coefficient (Wildman–Crippen LogP) is 3.66. The number of rotatable bonds is 3. The van der Waals surface area contributed by atoms with Crippen molar-refractivity contribution >= 4 is 8.80 Å². The summed E-state index contributed by atoms with van der Waals surface area (Å²) in [5, 5.41) is 0. The molecule has 1 nitrogen and oxygen atoms in total. The Labute approximate surface area is 94.1 Å². The summed E-state index contributed by atoms with van der Waals surface area (Å²) in [4.78, 5) is 0. The molecule has 1 aromatic rings. The molecule has 0 bridgehead atoms. The van der Waals surface area contributed by atoms with Gasteiger partial charge in [0, 0.05) is 8.80 Å². The van der Waals surface area contributed by atoms with E-state index in [2.05, 4.69) is 43.4 Å². The lowest BCUT2D eigenvalue weighted by Gasteiger charge is -2.14. The Hall–Kier alpha value is -0.603. The van der Waals surface area contributed by atoms with Gasteiger partial charge in [0.1, 0.15) is 0 Å². The smallest absolute Gasteiger partial charge is 0.0829 e. The lowest BCUT2D eigenvalue weighted by molar-refractivity contribution is 0.0552. The van der Waals surface area contributed by atoms with E-state index in [0.29, 0.717) is 12.2 Å². The molecule has 0 N–H and O–H groups in total. The first-order valence-corrected chi connectivity index (χ1v) is 8.46. The van der Waals surface area contributed by atoms with E-state index in [1.54, 1.807) is 0 Å². The van der Waals surface area contributed by atoms with E-state index < -0.39 is 0 Å². The summed E-state index contributed by atoms with van der Waals surface area (Å²) in [6.45, 7) is 4.73. The molecule has 81 valence electrons. The van der Waals surface area contributed by atoms with E-state index in [4.69, 9.17) is 4.74 Å². The Morgan fingerprint density at radius 3 is 2.60 bits per heavy atom. The van der Waals surface area contributed by atoms with Gasteiger partial charge in [0.15, 0.2) is 0 Å². The van der Waals surface area contributed by atoms with Crippen molar-refractivity contribution in [1.82, 2.24) is 0 Å². The van der Waals surface area contributed by atoms with Crippen LogP contribution in [-0.4, -0.2) is 14.9 Å². The monoisotopic (exact) mass is 219 g/mol. The second kappa shape index (κ2) is 4.95. The average molecular weight is 219 g/mol. The third kappa shape index (κ3) is 2.92. The Kier molecular flexibility index (Phi) is 3.60. The van der Waals surface area contributed by atoms with Gasteiger partial charge in [0.05, 0.1) is 12.2 Å². The fourth-order valence-corrected chi connectivity index (χ4v) is 3.44. The summed E-state index contributed by atoms with van der Waals surface area (Å²) in [7, 11) is -0.147. The molecular formula is C13H19OSi. The molecule has 1 aliphatic rings. The number of hydrogen-bond donors (Lipinski definition) is 0. The highest BCUT2D eigenvalue weighted by molar-refractivity contribution is 6.55. The third-order valence-electron chi connectivity index (χ3n) is 2.91. The number of benzene rings is 1. The maximum atomic E-state index is 6.08. The summed E-state index contributed by atoms with van der Waals surface area (Å²) in [5.74, 6) is 0. The van der Waals surface area contributed by atoms with Gasteiger partial charge in [0.25, 0.3) is 0 Å². The maximum absolute atomic E-state index is 6.08. The van der Waals surface area contributed by atoms with E-state index in [9.17, 15) is 0 Å². The molecule has 2 rings (SSSR count). The Balaban J connectivity index is 1.93. The molecule has 1 radical (unpaired) electrons. The third-order valence-corrected chi connectivity index (χ3v) is 4.19. The van der Waals surface area contributed by atoms with Gasteiger partial charge >= 0.3 is 0 Å². The highest BCUT2D eigenvalue weighted by Gasteiger charge is 2.26. The normalized spacial score (nSPS) is 26.1. The van der Waals surface area contributed by atoms with Crippen molar-refractivity contribution in [1.29, 1.82) is 0 Å². The van der Waals surface area contributed by atoms with Gasteiger partial charge < -0.3 is 4.74 Å². The van der Waals surface area contributed by atoms with Gasteiger partial charge in [-0.25, -0.2) is 0 Å². The molecule has 1 aliphatic heterocycles. The molecular weight excluding hydrogens is 200 g/mol. The second-order valence-corrected chi connectivity index (χ2v) is 7.47. The average Bonchev–Trinajstić information content (AvgIpc) is 2.67. The fourth-order valence-electron chi connectivity index (χ4n) is 2.22. The van der Waals surface area contributed by atoms with Crippen molar-refractivity contribution in [3.05, 3.63) is 35.9 Å². The van der Waals surface area contributed by atoms with Gasteiger partial charge in [-0.15, -0.1) is 0 Å². The van der Waals surface area contributed by atoms with Crippen LogP contribution in [0.5, 0.6) is 0 Å². The van der Waals surface area contributed by atoms with Crippen LogP contribution in [0, 0.1) is 0 Å². The lowest BCUT2D eigenvalue weighted by atomic mass is 10.1. The van der Waals surface area contributed by atoms with Crippen LogP contribution >= 0.6 is 0 Å². The molecule has 1 heterocycles. The van der Waals surface area contributed by atoms with Crippen molar-refractivity contribution < 1.29 is 4.74 Å². The van der Waals surface area contributed by atoms with Crippen LogP contribution in [0.2, 0.25) is 19.1 Å². The lowest BCUT2D eigenvalue weighted by Crippen LogP contribution is -2.14. The highest BCUT2D eigenvalue weighted by atomic mass is 28.3. The van der Waals surface area contributed by atoms with Crippen molar-refractivity contribution in [2.45, 2.75) is 44.2 Å². The first-order chi connectivity index (χ1) is 7.25. The zero-order chi connectivity index (χ0) is 10.7. The topological polar surface area (TPSA) is 9.23 Å². The quantitative estimate of drug-likeness (QED) is 0.705. The van der Waals surface area contributed by atoms with E-state index in [1.807, 2.05) is 0 Å². The molecule has 0 aliphatic carbocycles. The summed E-state index contributed by atoms with van der Waals surface area (Å²) >= 11 is 0. The van der Waals surface area contributed by atoms with Crippen LogP contribution in [-0.2, 0) is 4.74 Å². The Morgan fingerprint density at radius 1 is 1.20 bits per heavy atom. The van der Waals surface area contributed by atoms with Crippen LogP contribution in [0.3, 0.4) is 0 Å². The van der Waals surface area contributed by atoms with E-state index >= 15 is 0 Å². The summed E-state index contributed by atoms with van der Waals surface area (Å²) in [6, 6.07) is 11.9. The van der Waals surface area contributed by atoms with Gasteiger partial charge in [-0.1, -0.05) is 43.4 Å². The molecule has 0 amide bonds. The van der Waals surface area contributed by atoms with Crippen LogP contribution in [0.1, 0.15) is 24.5 Å². The molecule has 0 saturated carbocycles. The van der Waals surface area contributed by atoms with Crippen molar-refractivity contribution in [2.75, 3.05) is 0 Å². The highest BCUT2D eigenvalue weighted by Crippen LogP contribution is 2.34. The molecule has 2 heteroatoms. The zero-order valence-electron chi connectivity index (χ0n) is 9.57. The van der Waals surface area contributed by atoms with Gasteiger partial charge in [-0.3, -0.25) is 0 Å². The summed E-state index contributed by atoms with van der Waals surface area (Å²) in [6.07, 6.45) is 3.33. The minimum absolute atomic E-state index is 0.147. The van der Waals surface area contributed by atoms with Crippen molar-refractivity contribution in [3.8, 4) is 0 Å². The Bertz CT molecular complexity index is 297. The number of ether oxygens (including phenoxy) is 1. The van der Waals surface area contributed by atoms with E-state index in [-0.39, 0.29) is 8.80 Å². The zero-order valence-corrected chi connectivity index (χ0v) is 10.6. The molecule has 15 heavy (non-hydrogen) atoms. The van der Waals surface area contributed by atoms with Gasteiger partial charge in [-0.05, 0) is 24.4 Å². The summed E-state index contributed by atoms with van der Waals surface area (Å²) < 4.78 is 6.08. The molecule has 0 aromatic heterocycles. The largest absolute Gasteiger partial charge is 0.371 e. The molecule has 2 unspecified atom stereocenters. The van der Waals surface area contributed by atoms with Crippen LogP contribution in [0.4, 0.5) is 0 Å². The van der Waals surface area contributed by atoms with E-state index in [1.165, 1.54) is 24.4 Å². The van der Waals surface area contributed by atoms with Crippen LogP contribution < -0.4 is 0 Å². The SMILES string of the molecule is C[Si](C)CC1CCC(c2ccccc2)O1. The standard InChI is InChI=1S/C13H19OSi/c1-15(2)10-12-8-9-13(14-12)11-6-4-3-5-7-11/h3-7,12-13H,8-10H2,1-2H3. The first kappa shape index (κ1) is 10.9. The van der Waals surface area contributed by atoms with Crippen LogP contribution in [0.25, 0.3) is 0 Å². The van der Waals surface area contributed by atoms with Crippen molar-refractivity contribution in [3.63, 3.8) is 0 Å². The molecule has 0 spiro atoms. The molecule has 1 fully saturated rings. The van der Waals surface area contributed by atoms with Crippen LogP contribution in [0.15, 0.2) is 30.3 Å². The van der Waals surface area contributed by atoms with Gasteiger partial charge in [-0.2, -0.15) is 0 Å². The summed E-state index contributed by atoms with van der Waals surface area (Å²) in [5.41, 5.74) is 1.35. The van der Waals surface area contributed by atoms with Gasteiger partial charge in [0.2, 0.25) is 0 Å². The fraction of sp³-hybridized carbons (Fsp3) is 0.538. The minimum atomic E-state index is -0.147. The van der Waals surface area contributed by atoms with Crippen molar-refractivity contribution in [2.24, 2.45) is 0 Å². The molecule has 2 atom stereocenters. The Morgan fingerprint density at radius 2 is 1.93 bits per heavy atom. The molecule has 1 saturated heterocycles. The minimum Gasteiger partial charge on any atom is -0.371 e.